The highest BCUT2D eigenvalue weighted by molar-refractivity contribution is 5.80. The van der Waals surface area contributed by atoms with Crippen molar-refractivity contribution in [1.29, 1.82) is 0 Å². The van der Waals surface area contributed by atoms with Crippen LogP contribution in [0.25, 0.3) is 5.57 Å². The van der Waals surface area contributed by atoms with Gasteiger partial charge in [-0.1, -0.05) is 66.7 Å². The van der Waals surface area contributed by atoms with E-state index in [1.54, 1.807) is 0 Å². The van der Waals surface area contributed by atoms with Gasteiger partial charge < -0.3 is 9.13 Å². The fourth-order valence-electron chi connectivity index (χ4n) is 3.68. The predicted octanol–water partition coefficient (Wildman–Crippen LogP) is 5.63. The van der Waals surface area contributed by atoms with E-state index < -0.39 is 0 Å². The average molecular weight is 352 g/mol. The molecule has 0 fully saturated rings. The molecule has 2 heterocycles. The quantitative estimate of drug-likeness (QED) is 0.441. The van der Waals surface area contributed by atoms with Gasteiger partial charge in [0.05, 0.1) is 5.92 Å². The maximum atomic E-state index is 2.40. The van der Waals surface area contributed by atoms with Crippen LogP contribution in [0.3, 0.4) is 0 Å². The maximum Gasteiger partial charge on any atom is 0.0584 e. The van der Waals surface area contributed by atoms with Crippen molar-refractivity contribution in [3.05, 3.63) is 126 Å². The smallest absolute Gasteiger partial charge is 0.0584 e. The Bertz CT molecular complexity index is 954. The second kappa shape index (κ2) is 7.55. The molecule has 0 atom stereocenters. The highest BCUT2D eigenvalue weighted by atomic mass is 15.0. The second-order valence-electron chi connectivity index (χ2n) is 6.88. The molecule has 2 nitrogen and oxygen atoms in total. The minimum absolute atomic E-state index is 0.167. The molecule has 134 valence electrons. The van der Waals surface area contributed by atoms with E-state index >= 15 is 0 Å². The van der Waals surface area contributed by atoms with E-state index in [2.05, 4.69) is 127 Å². The van der Waals surface area contributed by atoms with Gasteiger partial charge in [0.1, 0.15) is 0 Å². The van der Waals surface area contributed by atoms with Crippen molar-refractivity contribution in [2.24, 2.45) is 14.1 Å². The summed E-state index contributed by atoms with van der Waals surface area (Å²) in [7, 11) is 4.23. The van der Waals surface area contributed by atoms with Crippen molar-refractivity contribution in [3.63, 3.8) is 0 Å². The van der Waals surface area contributed by atoms with E-state index in [4.69, 9.17) is 0 Å². The van der Waals surface area contributed by atoms with E-state index in [-0.39, 0.29) is 5.92 Å². The number of benzene rings is 2. The first kappa shape index (κ1) is 17.2. The second-order valence-corrected chi connectivity index (χ2v) is 6.88. The summed E-state index contributed by atoms with van der Waals surface area (Å²) in [5.74, 6) is 0.167. The minimum atomic E-state index is 0.167. The zero-order valence-electron chi connectivity index (χ0n) is 15.8. The van der Waals surface area contributed by atoms with Crippen LogP contribution in [-0.2, 0) is 14.1 Å². The number of hydrogen-bond acceptors (Lipinski definition) is 0. The van der Waals surface area contributed by atoms with Crippen LogP contribution in [0, 0.1) is 0 Å². The highest BCUT2D eigenvalue weighted by Crippen LogP contribution is 2.32. The van der Waals surface area contributed by atoms with Crippen molar-refractivity contribution >= 4 is 5.57 Å². The summed E-state index contributed by atoms with van der Waals surface area (Å²) in [6.07, 6.45) is 6.63. The van der Waals surface area contributed by atoms with Crippen LogP contribution in [0.5, 0.6) is 0 Å². The Morgan fingerprint density at radius 2 is 1.07 bits per heavy atom. The third-order valence-electron chi connectivity index (χ3n) is 5.11. The third kappa shape index (κ3) is 3.52. The molecule has 0 saturated heterocycles. The Balaban J connectivity index is 1.93. The van der Waals surface area contributed by atoms with Crippen LogP contribution < -0.4 is 0 Å². The average Bonchev–Trinajstić information content (AvgIpc) is 3.33. The number of hydrogen-bond donors (Lipinski definition) is 0. The van der Waals surface area contributed by atoms with Gasteiger partial charge in [-0.15, -0.1) is 0 Å². The van der Waals surface area contributed by atoms with Crippen LogP contribution in [-0.4, -0.2) is 9.13 Å². The van der Waals surface area contributed by atoms with Gasteiger partial charge in [0.25, 0.3) is 0 Å². The third-order valence-corrected chi connectivity index (χ3v) is 5.11. The lowest BCUT2D eigenvalue weighted by Crippen LogP contribution is -2.09. The largest absolute Gasteiger partial charge is 0.354 e. The topological polar surface area (TPSA) is 9.86 Å². The molecular weight excluding hydrogens is 328 g/mol. The normalized spacial score (nSPS) is 10.9. The molecule has 0 aliphatic heterocycles. The van der Waals surface area contributed by atoms with Crippen LogP contribution in [0.4, 0.5) is 0 Å². The van der Waals surface area contributed by atoms with Crippen molar-refractivity contribution in [3.8, 4) is 0 Å². The van der Waals surface area contributed by atoms with Gasteiger partial charge in [-0.3, -0.25) is 0 Å². The molecule has 4 rings (SSSR count). The van der Waals surface area contributed by atoms with E-state index in [1.165, 1.54) is 28.1 Å². The molecule has 27 heavy (non-hydrogen) atoms. The SMILES string of the molecule is Cn1cccc1C(C=C(c1ccccc1)c1ccccc1)c1cccn1C. The Morgan fingerprint density at radius 1 is 0.630 bits per heavy atom. The Hall–Kier alpha value is -3.26. The first-order chi connectivity index (χ1) is 13.2. The van der Waals surface area contributed by atoms with Gasteiger partial charge in [-0.25, -0.2) is 0 Å². The summed E-state index contributed by atoms with van der Waals surface area (Å²) in [5, 5.41) is 0. The highest BCUT2D eigenvalue weighted by Gasteiger charge is 2.19. The van der Waals surface area contributed by atoms with Crippen LogP contribution in [0.1, 0.15) is 28.4 Å². The Labute approximate surface area is 161 Å². The lowest BCUT2D eigenvalue weighted by atomic mass is 9.91. The molecule has 2 heteroatoms. The molecule has 2 aromatic heterocycles. The molecule has 0 aliphatic carbocycles. The molecule has 2 aromatic carbocycles. The van der Waals surface area contributed by atoms with E-state index in [0.717, 1.165) is 0 Å². The number of rotatable bonds is 5. The summed E-state index contributed by atoms with van der Waals surface area (Å²) in [4.78, 5) is 0. The number of aryl methyl sites for hydroxylation is 2. The molecule has 0 spiro atoms. The molecule has 0 saturated carbocycles. The molecule has 0 N–H and O–H groups in total. The molecule has 0 amide bonds. The molecule has 0 radical (unpaired) electrons. The van der Waals surface area contributed by atoms with Gasteiger partial charge in [0.2, 0.25) is 0 Å². The molecular formula is C25H24N2. The van der Waals surface area contributed by atoms with E-state index in [9.17, 15) is 0 Å². The summed E-state index contributed by atoms with van der Waals surface area (Å²) in [6, 6.07) is 29.9. The fraction of sp³-hybridized carbons (Fsp3) is 0.120. The van der Waals surface area contributed by atoms with Gasteiger partial charge in [-0.05, 0) is 41.0 Å². The lowest BCUT2D eigenvalue weighted by Gasteiger charge is -2.19. The Morgan fingerprint density at radius 3 is 1.44 bits per heavy atom. The molecule has 0 bridgehead atoms. The first-order valence-electron chi connectivity index (χ1n) is 9.29. The molecule has 4 aromatic rings. The zero-order valence-corrected chi connectivity index (χ0v) is 15.8. The van der Waals surface area contributed by atoms with Gasteiger partial charge in [-0.2, -0.15) is 0 Å². The number of nitrogens with zero attached hydrogens (tertiary/aromatic N) is 2. The summed E-state index contributed by atoms with van der Waals surface area (Å²) < 4.78 is 4.42. The van der Waals surface area contributed by atoms with Gasteiger partial charge in [0.15, 0.2) is 0 Å². The maximum absolute atomic E-state index is 2.40. The number of allylic oxidation sites excluding steroid dienone is 1. The van der Waals surface area contributed by atoms with E-state index in [0.29, 0.717) is 0 Å². The standard InChI is InChI=1S/C25H24N2/c1-26-17-9-15-24(26)23(25-16-10-18-27(25)2)19-22(20-11-5-3-6-12-20)21-13-7-4-8-14-21/h3-19,23H,1-2H3. The van der Waals surface area contributed by atoms with Crippen molar-refractivity contribution in [2.45, 2.75) is 5.92 Å². The first-order valence-corrected chi connectivity index (χ1v) is 9.29. The van der Waals surface area contributed by atoms with E-state index in [1.807, 2.05) is 0 Å². The zero-order chi connectivity index (χ0) is 18.6. The Kier molecular flexibility index (Phi) is 4.80. The monoisotopic (exact) mass is 352 g/mol. The van der Waals surface area contributed by atoms with Crippen molar-refractivity contribution < 1.29 is 0 Å². The number of aromatic nitrogens is 2. The molecule has 0 unspecified atom stereocenters. The van der Waals surface area contributed by atoms with Crippen molar-refractivity contribution in [2.75, 3.05) is 0 Å². The minimum Gasteiger partial charge on any atom is -0.354 e. The van der Waals surface area contributed by atoms with Gasteiger partial charge in [0, 0.05) is 37.9 Å². The predicted molar refractivity (Wildman–Crippen MR) is 113 cm³/mol. The van der Waals surface area contributed by atoms with Crippen molar-refractivity contribution in [1.82, 2.24) is 9.13 Å². The summed E-state index contributed by atoms with van der Waals surface area (Å²) >= 11 is 0. The lowest BCUT2D eigenvalue weighted by molar-refractivity contribution is 0.749. The van der Waals surface area contributed by atoms with Crippen LogP contribution >= 0.6 is 0 Å². The molecule has 0 aliphatic rings. The summed E-state index contributed by atoms with van der Waals surface area (Å²) in [5.41, 5.74) is 6.28. The summed E-state index contributed by atoms with van der Waals surface area (Å²) in [6.45, 7) is 0. The van der Waals surface area contributed by atoms with Gasteiger partial charge >= 0.3 is 0 Å². The van der Waals surface area contributed by atoms with Crippen LogP contribution in [0.15, 0.2) is 103 Å². The van der Waals surface area contributed by atoms with Crippen LogP contribution in [0.2, 0.25) is 0 Å². The fourth-order valence-corrected chi connectivity index (χ4v) is 3.68.